The third kappa shape index (κ3) is 7.09. The fraction of sp³-hybridized carbons (Fsp3) is 0.310. The number of esters is 1. The molecule has 210 valence electrons. The van der Waals surface area contributed by atoms with Crippen LogP contribution >= 0.6 is 23.1 Å². The van der Waals surface area contributed by atoms with Crippen LogP contribution in [0, 0.1) is 13.8 Å². The normalized spacial score (nSPS) is 10.9. The Kier molecular flexibility index (Phi) is 10.3. The lowest BCUT2D eigenvalue weighted by Gasteiger charge is -2.13. The number of hydrogen-bond donors (Lipinski definition) is 1. The number of para-hydroxylation sites is 1. The highest BCUT2D eigenvalue weighted by Crippen LogP contribution is 2.33. The summed E-state index contributed by atoms with van der Waals surface area (Å²) in [7, 11) is 1.63. The van der Waals surface area contributed by atoms with Crippen molar-refractivity contribution in [3.8, 4) is 16.9 Å². The highest BCUT2D eigenvalue weighted by molar-refractivity contribution is 7.99. The molecule has 0 spiro atoms. The molecule has 1 amide bonds. The molecule has 4 aromatic rings. The van der Waals surface area contributed by atoms with Crippen molar-refractivity contribution in [2.24, 2.45) is 0 Å². The maximum Gasteiger partial charge on any atom is 0.341 e. The summed E-state index contributed by atoms with van der Waals surface area (Å²) >= 11 is 2.62. The maximum atomic E-state index is 12.9. The Morgan fingerprint density at radius 2 is 1.80 bits per heavy atom. The van der Waals surface area contributed by atoms with Gasteiger partial charge in [0.15, 0.2) is 11.0 Å². The van der Waals surface area contributed by atoms with Gasteiger partial charge in [0.2, 0.25) is 5.91 Å². The van der Waals surface area contributed by atoms with Gasteiger partial charge >= 0.3 is 5.97 Å². The summed E-state index contributed by atoms with van der Waals surface area (Å²) in [5.41, 5.74) is 3.26. The van der Waals surface area contributed by atoms with Gasteiger partial charge in [-0.05, 0) is 38.0 Å². The number of thioether (sulfide) groups is 1. The van der Waals surface area contributed by atoms with Crippen molar-refractivity contribution in [1.82, 2.24) is 14.8 Å². The summed E-state index contributed by atoms with van der Waals surface area (Å²) in [6.45, 7) is 6.92. The molecule has 0 saturated heterocycles. The van der Waals surface area contributed by atoms with Crippen molar-refractivity contribution in [3.05, 3.63) is 76.4 Å². The van der Waals surface area contributed by atoms with Gasteiger partial charge in [-0.15, -0.1) is 21.5 Å². The minimum absolute atomic E-state index is 0.0844. The lowest BCUT2D eigenvalue weighted by atomic mass is 10.1. The second kappa shape index (κ2) is 14.1. The van der Waals surface area contributed by atoms with Gasteiger partial charge in [0.25, 0.3) is 0 Å². The van der Waals surface area contributed by atoms with Crippen LogP contribution in [0.25, 0.3) is 11.1 Å². The number of amides is 1. The molecule has 0 unspecified atom stereocenters. The largest absolute Gasteiger partial charge is 0.485 e. The van der Waals surface area contributed by atoms with E-state index in [0.717, 1.165) is 27.3 Å². The molecule has 0 radical (unpaired) electrons. The van der Waals surface area contributed by atoms with Gasteiger partial charge in [-0.3, -0.25) is 4.79 Å². The lowest BCUT2D eigenvalue weighted by molar-refractivity contribution is -0.113. The zero-order chi connectivity index (χ0) is 28.5. The van der Waals surface area contributed by atoms with E-state index in [1.165, 1.54) is 23.1 Å². The average molecular weight is 581 g/mol. The van der Waals surface area contributed by atoms with Gasteiger partial charge < -0.3 is 24.1 Å². The molecule has 0 aliphatic rings. The molecular weight excluding hydrogens is 548 g/mol. The van der Waals surface area contributed by atoms with E-state index in [0.29, 0.717) is 34.7 Å². The first-order valence-corrected chi connectivity index (χ1v) is 14.6. The topological polar surface area (TPSA) is 105 Å². The minimum atomic E-state index is -0.440. The molecule has 2 heterocycles. The summed E-state index contributed by atoms with van der Waals surface area (Å²) < 4.78 is 18.6. The van der Waals surface area contributed by atoms with Gasteiger partial charge in [0.1, 0.15) is 17.4 Å². The van der Waals surface area contributed by atoms with Crippen molar-refractivity contribution in [2.75, 3.05) is 31.4 Å². The van der Waals surface area contributed by atoms with Crippen LogP contribution in [0.2, 0.25) is 0 Å². The quantitative estimate of drug-likeness (QED) is 0.157. The van der Waals surface area contributed by atoms with Crippen LogP contribution in [0.3, 0.4) is 0 Å². The van der Waals surface area contributed by atoms with Crippen LogP contribution in [-0.2, 0) is 27.4 Å². The molecule has 0 aliphatic heterocycles. The van der Waals surface area contributed by atoms with Crippen molar-refractivity contribution in [3.63, 3.8) is 0 Å². The highest BCUT2D eigenvalue weighted by atomic mass is 32.2. The molecule has 4 rings (SSSR count). The maximum absolute atomic E-state index is 12.9. The first-order chi connectivity index (χ1) is 19.4. The summed E-state index contributed by atoms with van der Waals surface area (Å²) in [6, 6.07) is 17.9. The standard InChI is InChI=1S/C29H32N4O5S2/c1-5-37-28(35)26-19(2)20(3)40-27(26)30-25(34)18-39-29-32-31-24(33(29)15-16-36-4)17-38-23-14-10-9-13-22(23)21-11-7-6-8-12-21/h6-14H,5,15-18H2,1-4H3,(H,30,34). The van der Waals surface area contributed by atoms with Crippen molar-refractivity contribution in [2.45, 2.75) is 39.1 Å². The number of carbonyl (C=O) groups is 2. The Hall–Kier alpha value is -3.67. The van der Waals surface area contributed by atoms with E-state index in [1.807, 2.05) is 73.0 Å². The molecule has 0 saturated carbocycles. The van der Waals surface area contributed by atoms with Crippen LogP contribution in [0.4, 0.5) is 5.00 Å². The second-order valence-electron chi connectivity index (χ2n) is 8.74. The lowest BCUT2D eigenvalue weighted by Crippen LogP contribution is -2.17. The van der Waals surface area contributed by atoms with Gasteiger partial charge in [0, 0.05) is 24.1 Å². The number of thiophene rings is 1. The molecule has 2 aromatic carbocycles. The first kappa shape index (κ1) is 29.3. The number of hydrogen-bond acceptors (Lipinski definition) is 9. The highest BCUT2D eigenvalue weighted by Gasteiger charge is 2.23. The number of benzene rings is 2. The van der Waals surface area contributed by atoms with Crippen LogP contribution in [-0.4, -0.2) is 52.7 Å². The minimum Gasteiger partial charge on any atom is -0.485 e. The van der Waals surface area contributed by atoms with Gasteiger partial charge in [-0.25, -0.2) is 4.79 Å². The molecule has 9 nitrogen and oxygen atoms in total. The molecule has 0 atom stereocenters. The van der Waals surface area contributed by atoms with Crippen molar-refractivity contribution in [1.29, 1.82) is 0 Å². The Morgan fingerprint density at radius 1 is 1.05 bits per heavy atom. The third-order valence-electron chi connectivity index (χ3n) is 6.09. The van der Waals surface area contributed by atoms with E-state index < -0.39 is 5.97 Å². The van der Waals surface area contributed by atoms with E-state index in [-0.39, 0.29) is 24.9 Å². The Labute approximate surface area is 241 Å². The number of ether oxygens (including phenoxy) is 3. The summed E-state index contributed by atoms with van der Waals surface area (Å²) in [5, 5.41) is 12.6. The molecule has 2 aromatic heterocycles. The van der Waals surface area contributed by atoms with Gasteiger partial charge in [-0.1, -0.05) is 60.3 Å². The van der Waals surface area contributed by atoms with E-state index in [4.69, 9.17) is 14.2 Å². The first-order valence-electron chi connectivity index (χ1n) is 12.8. The van der Waals surface area contributed by atoms with Gasteiger partial charge in [-0.2, -0.15) is 0 Å². The van der Waals surface area contributed by atoms with E-state index >= 15 is 0 Å². The van der Waals surface area contributed by atoms with E-state index in [2.05, 4.69) is 15.5 Å². The molecule has 40 heavy (non-hydrogen) atoms. The van der Waals surface area contributed by atoms with Crippen molar-refractivity contribution < 1.29 is 23.8 Å². The Bertz CT molecular complexity index is 1450. The monoisotopic (exact) mass is 580 g/mol. The number of methoxy groups -OCH3 is 1. The van der Waals surface area contributed by atoms with Crippen LogP contribution in [0.15, 0.2) is 59.8 Å². The number of aromatic nitrogens is 3. The number of aryl methyl sites for hydroxylation is 1. The number of nitrogens with zero attached hydrogens (tertiary/aromatic N) is 3. The predicted octanol–water partition coefficient (Wildman–Crippen LogP) is 5.76. The fourth-order valence-electron chi connectivity index (χ4n) is 3.99. The molecule has 0 aliphatic carbocycles. The smallest absolute Gasteiger partial charge is 0.341 e. The SMILES string of the molecule is CCOC(=O)c1c(NC(=O)CSc2nnc(COc3ccccc3-c3ccccc3)n2CCOC)sc(C)c1C. The van der Waals surface area contributed by atoms with Crippen LogP contribution in [0.1, 0.15) is 33.5 Å². The van der Waals surface area contributed by atoms with Gasteiger partial charge in [0.05, 0.1) is 24.5 Å². The van der Waals surface area contributed by atoms with Crippen LogP contribution in [0.5, 0.6) is 5.75 Å². The Morgan fingerprint density at radius 3 is 2.55 bits per heavy atom. The zero-order valence-electron chi connectivity index (χ0n) is 22.9. The van der Waals surface area contributed by atoms with E-state index in [9.17, 15) is 9.59 Å². The number of carbonyl (C=O) groups excluding carboxylic acids is 2. The average Bonchev–Trinajstić information content (AvgIpc) is 3.48. The summed E-state index contributed by atoms with van der Waals surface area (Å²) in [4.78, 5) is 26.3. The molecule has 0 fully saturated rings. The number of anilines is 1. The third-order valence-corrected chi connectivity index (χ3v) is 8.18. The number of rotatable bonds is 13. The predicted molar refractivity (Wildman–Crippen MR) is 157 cm³/mol. The van der Waals surface area contributed by atoms with Crippen LogP contribution < -0.4 is 10.1 Å². The second-order valence-corrected chi connectivity index (χ2v) is 10.9. The summed E-state index contributed by atoms with van der Waals surface area (Å²) in [5.74, 6) is 0.748. The fourth-order valence-corrected chi connectivity index (χ4v) is 5.84. The molecular formula is C29H32N4O5S2. The van der Waals surface area contributed by atoms with Crippen molar-refractivity contribution >= 4 is 40.0 Å². The number of nitrogens with one attached hydrogen (secondary N) is 1. The molecule has 0 bridgehead atoms. The zero-order valence-corrected chi connectivity index (χ0v) is 24.6. The molecule has 11 heteroatoms. The molecule has 1 N–H and O–H groups in total. The van der Waals surface area contributed by atoms with E-state index in [1.54, 1.807) is 14.0 Å². The summed E-state index contributed by atoms with van der Waals surface area (Å²) in [6.07, 6.45) is 0. The Balaban J connectivity index is 1.45.